The molecule has 114 valence electrons. The minimum Gasteiger partial charge on any atom is -0.506 e. The average molecular weight is 300 g/mol. The molecule has 2 aliphatic rings. The lowest BCUT2D eigenvalue weighted by Gasteiger charge is -2.24. The van der Waals surface area contributed by atoms with Crippen LogP contribution < -0.4 is 4.74 Å². The molecule has 2 aromatic rings. The highest BCUT2D eigenvalue weighted by atomic mass is 16.7. The molecule has 0 aromatic heterocycles. The quantitative estimate of drug-likeness (QED) is 0.820. The normalized spacial score (nSPS) is 22.8. The summed E-state index contributed by atoms with van der Waals surface area (Å²) in [5, 5.41) is 12.0. The summed E-state index contributed by atoms with van der Waals surface area (Å²) < 4.78 is 16.5. The minimum atomic E-state index is -0.547. The summed E-state index contributed by atoms with van der Waals surface area (Å²) in [6, 6.07) is 7.34. The second kappa shape index (κ2) is 4.88. The van der Waals surface area contributed by atoms with Gasteiger partial charge < -0.3 is 19.3 Å². The number of methoxy groups -OCH3 is 1. The summed E-state index contributed by atoms with van der Waals surface area (Å²) in [5.41, 5.74) is 0.918. The summed E-state index contributed by atoms with van der Waals surface area (Å²) >= 11 is 0. The monoisotopic (exact) mass is 300 g/mol. The standard InChI is InChI=1S/C17H16O5/c1-20-16(19)13-12-11-7-4-8-21-17(11)22-15(12)10-6-3-2-5-9(10)14(13)18/h2-3,5-6,11,17-18H,4,7-8H2,1H3/t11-,17+/m0/s1. The molecule has 1 fully saturated rings. The Kier molecular flexibility index (Phi) is 2.97. The molecule has 4 rings (SSSR count). The topological polar surface area (TPSA) is 65.0 Å². The molecule has 1 saturated heterocycles. The molecule has 0 radical (unpaired) electrons. The highest BCUT2D eigenvalue weighted by molar-refractivity contribution is 6.06. The van der Waals surface area contributed by atoms with Gasteiger partial charge in [-0.2, -0.15) is 0 Å². The van der Waals surface area contributed by atoms with E-state index in [1.54, 1.807) is 6.07 Å². The fraction of sp³-hybridized carbons (Fsp3) is 0.353. The Labute approximate surface area is 127 Å². The van der Waals surface area contributed by atoms with E-state index in [0.717, 1.165) is 18.2 Å². The molecule has 0 saturated carbocycles. The van der Waals surface area contributed by atoms with Gasteiger partial charge in [0.05, 0.1) is 19.6 Å². The van der Waals surface area contributed by atoms with Crippen LogP contribution in [-0.2, 0) is 9.47 Å². The maximum Gasteiger partial charge on any atom is 0.342 e. The van der Waals surface area contributed by atoms with Crippen molar-refractivity contribution in [3.63, 3.8) is 0 Å². The lowest BCUT2D eigenvalue weighted by molar-refractivity contribution is -0.104. The van der Waals surface area contributed by atoms with Crippen molar-refractivity contribution in [1.82, 2.24) is 0 Å². The number of esters is 1. The number of benzene rings is 2. The van der Waals surface area contributed by atoms with Crippen LogP contribution in [0.25, 0.3) is 10.8 Å². The number of fused-ring (bicyclic) bond motifs is 5. The largest absolute Gasteiger partial charge is 0.506 e. The zero-order valence-electron chi connectivity index (χ0n) is 12.2. The highest BCUT2D eigenvalue weighted by Gasteiger charge is 2.43. The molecule has 5 nitrogen and oxygen atoms in total. The van der Waals surface area contributed by atoms with Crippen LogP contribution in [0, 0.1) is 0 Å². The van der Waals surface area contributed by atoms with Crippen molar-refractivity contribution < 1.29 is 24.1 Å². The van der Waals surface area contributed by atoms with Gasteiger partial charge in [-0.3, -0.25) is 0 Å². The number of phenolic OH excluding ortho intramolecular Hbond substituents is 1. The summed E-state index contributed by atoms with van der Waals surface area (Å²) in [7, 11) is 1.31. The molecule has 0 amide bonds. The fourth-order valence-electron chi connectivity index (χ4n) is 3.47. The van der Waals surface area contributed by atoms with Crippen LogP contribution in [0.15, 0.2) is 24.3 Å². The van der Waals surface area contributed by atoms with Crippen molar-refractivity contribution in [2.75, 3.05) is 13.7 Å². The van der Waals surface area contributed by atoms with Crippen LogP contribution >= 0.6 is 0 Å². The first-order chi connectivity index (χ1) is 10.7. The molecule has 0 spiro atoms. The molecular weight excluding hydrogens is 284 g/mol. The number of carbonyl (C=O) groups excluding carboxylic acids is 1. The summed E-state index contributed by atoms with van der Waals surface area (Å²) in [5.74, 6) is -0.00981. The summed E-state index contributed by atoms with van der Waals surface area (Å²) in [4.78, 5) is 12.2. The second-order valence-electron chi connectivity index (χ2n) is 5.61. The number of phenols is 1. The van der Waals surface area contributed by atoms with Gasteiger partial charge in [0.25, 0.3) is 0 Å². The number of aromatic hydroxyl groups is 1. The van der Waals surface area contributed by atoms with Crippen LogP contribution in [0.5, 0.6) is 11.5 Å². The summed E-state index contributed by atoms with van der Waals surface area (Å²) in [6.45, 7) is 0.645. The molecule has 22 heavy (non-hydrogen) atoms. The van der Waals surface area contributed by atoms with Crippen molar-refractivity contribution in [2.24, 2.45) is 0 Å². The highest BCUT2D eigenvalue weighted by Crippen LogP contribution is 2.52. The lowest BCUT2D eigenvalue weighted by atomic mass is 9.87. The van der Waals surface area contributed by atoms with Crippen LogP contribution in [0.1, 0.15) is 34.7 Å². The van der Waals surface area contributed by atoms with E-state index in [1.165, 1.54) is 7.11 Å². The predicted octanol–water partition coefficient (Wildman–Crippen LogP) is 2.94. The van der Waals surface area contributed by atoms with E-state index in [-0.39, 0.29) is 17.2 Å². The van der Waals surface area contributed by atoms with E-state index in [9.17, 15) is 9.90 Å². The minimum absolute atomic E-state index is 0.0453. The van der Waals surface area contributed by atoms with E-state index in [1.807, 2.05) is 18.2 Å². The van der Waals surface area contributed by atoms with E-state index in [2.05, 4.69) is 0 Å². The van der Waals surface area contributed by atoms with Crippen LogP contribution in [0.2, 0.25) is 0 Å². The molecule has 2 aliphatic heterocycles. The molecule has 5 heteroatoms. The molecular formula is C17H16O5. The molecule has 2 atom stereocenters. The van der Waals surface area contributed by atoms with Gasteiger partial charge in [-0.25, -0.2) is 4.79 Å². The smallest absolute Gasteiger partial charge is 0.342 e. The molecule has 2 heterocycles. The van der Waals surface area contributed by atoms with Gasteiger partial charge in [-0.15, -0.1) is 0 Å². The number of rotatable bonds is 1. The maximum atomic E-state index is 12.2. The van der Waals surface area contributed by atoms with Gasteiger partial charge in [-0.1, -0.05) is 24.3 Å². The Morgan fingerprint density at radius 2 is 2.09 bits per heavy atom. The molecule has 1 N–H and O–H groups in total. The Balaban J connectivity index is 2.06. The van der Waals surface area contributed by atoms with E-state index in [0.29, 0.717) is 23.3 Å². The van der Waals surface area contributed by atoms with E-state index >= 15 is 0 Å². The van der Waals surface area contributed by atoms with Gasteiger partial charge in [-0.05, 0) is 12.8 Å². The van der Waals surface area contributed by atoms with Gasteiger partial charge >= 0.3 is 5.97 Å². The van der Waals surface area contributed by atoms with Crippen molar-refractivity contribution in [1.29, 1.82) is 0 Å². The fourth-order valence-corrected chi connectivity index (χ4v) is 3.47. The first kappa shape index (κ1) is 13.4. The third-order valence-corrected chi connectivity index (χ3v) is 4.44. The third-order valence-electron chi connectivity index (χ3n) is 4.44. The van der Waals surface area contributed by atoms with Crippen LogP contribution in [0.3, 0.4) is 0 Å². The Bertz CT molecular complexity index is 767. The van der Waals surface area contributed by atoms with Gasteiger partial charge in [0.15, 0.2) is 0 Å². The van der Waals surface area contributed by atoms with Crippen molar-refractivity contribution in [2.45, 2.75) is 25.0 Å². The summed E-state index contributed by atoms with van der Waals surface area (Å²) in [6.07, 6.45) is 1.37. The number of carbonyl (C=O) groups is 1. The average Bonchev–Trinajstić information content (AvgIpc) is 2.94. The van der Waals surface area contributed by atoms with E-state index in [4.69, 9.17) is 14.2 Å². The molecule has 2 aromatic carbocycles. The Morgan fingerprint density at radius 3 is 2.86 bits per heavy atom. The lowest BCUT2D eigenvalue weighted by Crippen LogP contribution is -2.28. The zero-order valence-corrected chi connectivity index (χ0v) is 12.2. The molecule has 0 aliphatic carbocycles. The van der Waals surface area contributed by atoms with Gasteiger partial charge in [0, 0.05) is 16.3 Å². The number of hydrogen-bond donors (Lipinski definition) is 1. The van der Waals surface area contributed by atoms with Crippen LogP contribution in [-0.4, -0.2) is 31.1 Å². The van der Waals surface area contributed by atoms with E-state index < -0.39 is 12.3 Å². The van der Waals surface area contributed by atoms with Gasteiger partial charge in [0.2, 0.25) is 6.29 Å². The van der Waals surface area contributed by atoms with Crippen molar-refractivity contribution >= 4 is 16.7 Å². The first-order valence-corrected chi connectivity index (χ1v) is 7.36. The third kappa shape index (κ3) is 1.72. The zero-order chi connectivity index (χ0) is 15.3. The van der Waals surface area contributed by atoms with Crippen molar-refractivity contribution in [3.8, 4) is 11.5 Å². The SMILES string of the molecule is COC(=O)c1c2c(c3ccccc3c1O)O[C@H]1OCCC[C@@H]21. The molecule has 0 unspecified atom stereocenters. The second-order valence-corrected chi connectivity index (χ2v) is 5.61. The first-order valence-electron chi connectivity index (χ1n) is 7.36. The van der Waals surface area contributed by atoms with Gasteiger partial charge in [0.1, 0.15) is 17.1 Å². The van der Waals surface area contributed by atoms with Crippen LogP contribution in [0.4, 0.5) is 0 Å². The number of ether oxygens (including phenoxy) is 3. The number of hydrogen-bond acceptors (Lipinski definition) is 5. The maximum absolute atomic E-state index is 12.2. The van der Waals surface area contributed by atoms with Crippen molar-refractivity contribution in [3.05, 3.63) is 35.4 Å². The molecule has 0 bridgehead atoms. The Morgan fingerprint density at radius 1 is 1.32 bits per heavy atom. The predicted molar refractivity (Wildman–Crippen MR) is 79.3 cm³/mol. The Hall–Kier alpha value is -2.27.